The molecule has 0 saturated carbocycles. The van der Waals surface area contributed by atoms with Crippen molar-refractivity contribution in [2.75, 3.05) is 17.8 Å². The van der Waals surface area contributed by atoms with Crippen molar-refractivity contribution < 1.29 is 17.9 Å². The van der Waals surface area contributed by atoms with Crippen molar-refractivity contribution in [2.24, 2.45) is 0 Å². The topological polar surface area (TPSA) is 63.7 Å². The van der Waals surface area contributed by atoms with Gasteiger partial charge in [0.05, 0.1) is 18.9 Å². The summed E-state index contributed by atoms with van der Waals surface area (Å²) in [4.78, 5) is 14.7. The Morgan fingerprint density at radius 3 is 2.27 bits per heavy atom. The molecule has 0 bridgehead atoms. The van der Waals surface area contributed by atoms with Crippen LogP contribution >= 0.6 is 0 Å². The van der Waals surface area contributed by atoms with Gasteiger partial charge in [0, 0.05) is 16.7 Å². The van der Waals surface area contributed by atoms with Crippen molar-refractivity contribution in [3.05, 3.63) is 71.1 Å². The van der Waals surface area contributed by atoms with Crippen LogP contribution in [0.4, 0.5) is 5.69 Å². The van der Waals surface area contributed by atoms with Gasteiger partial charge in [-0.3, -0.25) is 4.79 Å². The van der Waals surface area contributed by atoms with Gasteiger partial charge in [-0.05, 0) is 54.5 Å². The number of sulfone groups is 1. The van der Waals surface area contributed by atoms with Crippen LogP contribution in [0.1, 0.15) is 22.8 Å². The fraction of sp³-hybridized carbons (Fsp3) is 0.250. The average molecular weight is 371 g/mol. The number of aryl methyl sites for hydroxylation is 1. The first-order valence-electron chi connectivity index (χ1n) is 8.41. The quantitative estimate of drug-likeness (QED) is 0.810. The molecule has 0 saturated heterocycles. The zero-order valence-corrected chi connectivity index (χ0v) is 15.6. The highest BCUT2D eigenvalue weighted by atomic mass is 32.2. The van der Waals surface area contributed by atoms with E-state index in [4.69, 9.17) is 4.74 Å². The van der Waals surface area contributed by atoms with Gasteiger partial charge in [-0.25, -0.2) is 8.42 Å². The molecule has 0 aromatic heterocycles. The fourth-order valence-electron chi connectivity index (χ4n) is 2.94. The molecule has 3 rings (SSSR count). The minimum Gasteiger partial charge on any atom is -0.497 e. The number of anilines is 1. The van der Waals surface area contributed by atoms with Gasteiger partial charge >= 0.3 is 0 Å². The molecule has 5 nitrogen and oxygen atoms in total. The molecule has 0 spiro atoms. The van der Waals surface area contributed by atoms with Crippen molar-refractivity contribution in [3.8, 4) is 5.75 Å². The van der Waals surface area contributed by atoms with Gasteiger partial charge in [-0.2, -0.15) is 0 Å². The van der Waals surface area contributed by atoms with Crippen LogP contribution in [0.5, 0.6) is 5.75 Å². The van der Waals surface area contributed by atoms with Gasteiger partial charge in [-0.1, -0.05) is 19.1 Å². The van der Waals surface area contributed by atoms with Crippen molar-refractivity contribution in [2.45, 2.75) is 19.4 Å². The Labute approximate surface area is 153 Å². The molecule has 0 fully saturated rings. The summed E-state index contributed by atoms with van der Waals surface area (Å²) in [6.45, 7) is 2.06. The van der Waals surface area contributed by atoms with Crippen LogP contribution in [0.15, 0.2) is 60.0 Å². The van der Waals surface area contributed by atoms with E-state index in [2.05, 4.69) is 6.92 Å². The lowest BCUT2D eigenvalue weighted by Crippen LogP contribution is -2.41. The fourth-order valence-corrected chi connectivity index (χ4v) is 4.21. The molecule has 2 aromatic carbocycles. The van der Waals surface area contributed by atoms with Gasteiger partial charge in [0.15, 0.2) is 9.84 Å². The Bertz CT molecular complexity index is 915. The Kier molecular flexibility index (Phi) is 5.13. The maximum absolute atomic E-state index is 13.2. The molecule has 1 amide bonds. The molecule has 6 heteroatoms. The number of ether oxygens (including phenoxy) is 1. The van der Waals surface area contributed by atoms with E-state index in [-0.39, 0.29) is 11.7 Å². The first-order valence-corrected chi connectivity index (χ1v) is 10.1. The number of hydrogen-bond donors (Lipinski definition) is 0. The predicted molar refractivity (Wildman–Crippen MR) is 102 cm³/mol. The highest BCUT2D eigenvalue weighted by Gasteiger charge is 2.32. The largest absolute Gasteiger partial charge is 0.497 e. The van der Waals surface area contributed by atoms with E-state index in [0.717, 1.165) is 12.0 Å². The lowest BCUT2D eigenvalue weighted by Gasteiger charge is -2.28. The van der Waals surface area contributed by atoms with E-state index in [0.29, 0.717) is 17.0 Å². The van der Waals surface area contributed by atoms with Crippen molar-refractivity contribution in [3.63, 3.8) is 0 Å². The maximum Gasteiger partial charge on any atom is 0.258 e. The molecule has 1 heterocycles. The summed E-state index contributed by atoms with van der Waals surface area (Å²) in [6.07, 6.45) is 2.47. The van der Waals surface area contributed by atoms with Crippen LogP contribution < -0.4 is 9.64 Å². The summed E-state index contributed by atoms with van der Waals surface area (Å²) in [7, 11) is -1.72. The van der Waals surface area contributed by atoms with Crippen LogP contribution in [0.25, 0.3) is 0 Å². The van der Waals surface area contributed by atoms with E-state index >= 15 is 0 Å². The van der Waals surface area contributed by atoms with Gasteiger partial charge in [0.25, 0.3) is 5.91 Å². The lowest BCUT2D eigenvalue weighted by molar-refractivity contribution is 0.0983. The summed E-state index contributed by atoms with van der Waals surface area (Å²) in [5.74, 6) is 0.303. The number of carbonyl (C=O) groups is 1. The van der Waals surface area contributed by atoms with E-state index in [9.17, 15) is 13.2 Å². The van der Waals surface area contributed by atoms with E-state index in [1.165, 1.54) is 5.41 Å². The second-order valence-corrected chi connectivity index (χ2v) is 8.08. The second-order valence-electron chi connectivity index (χ2n) is 6.15. The van der Waals surface area contributed by atoms with Gasteiger partial charge in [0.2, 0.25) is 0 Å². The van der Waals surface area contributed by atoms with Crippen molar-refractivity contribution in [1.29, 1.82) is 0 Å². The summed E-state index contributed by atoms with van der Waals surface area (Å²) in [5.41, 5.74) is 2.30. The first-order chi connectivity index (χ1) is 12.4. The predicted octanol–water partition coefficient (Wildman–Crippen LogP) is 3.22. The van der Waals surface area contributed by atoms with Crippen molar-refractivity contribution in [1.82, 2.24) is 0 Å². The van der Waals surface area contributed by atoms with Gasteiger partial charge in [0.1, 0.15) is 5.75 Å². The van der Waals surface area contributed by atoms with Gasteiger partial charge in [-0.15, -0.1) is 0 Å². The minimum atomic E-state index is -3.28. The summed E-state index contributed by atoms with van der Waals surface area (Å²) >= 11 is 0. The molecule has 0 radical (unpaired) electrons. The Hall–Kier alpha value is -2.60. The maximum atomic E-state index is 13.2. The molecule has 136 valence electrons. The Morgan fingerprint density at radius 1 is 1.12 bits per heavy atom. The molecule has 26 heavy (non-hydrogen) atoms. The highest BCUT2D eigenvalue weighted by Crippen LogP contribution is 2.26. The van der Waals surface area contributed by atoms with Crippen LogP contribution in [0.3, 0.4) is 0 Å². The number of methoxy groups -OCH3 is 1. The number of carbonyl (C=O) groups excluding carboxylic acids is 1. The van der Waals surface area contributed by atoms with Gasteiger partial charge < -0.3 is 9.64 Å². The molecule has 0 aliphatic carbocycles. The highest BCUT2D eigenvalue weighted by molar-refractivity contribution is 7.94. The standard InChI is InChI=1S/C20H21NO4S/c1-3-15-4-8-17(9-5-15)21(18-12-13-26(23,24)14-18)20(22)16-6-10-19(25-2)11-7-16/h4-13,18H,3,14H2,1-2H3. The van der Waals surface area contributed by atoms with Crippen LogP contribution in [0.2, 0.25) is 0 Å². The molecule has 1 atom stereocenters. The summed E-state index contributed by atoms with van der Waals surface area (Å²) in [6, 6.07) is 13.9. The van der Waals surface area contributed by atoms with Crippen molar-refractivity contribution >= 4 is 21.4 Å². The molecule has 1 unspecified atom stereocenters. The molecule has 1 aliphatic heterocycles. The normalized spacial score (nSPS) is 17.8. The third-order valence-electron chi connectivity index (χ3n) is 4.42. The lowest BCUT2D eigenvalue weighted by atomic mass is 10.1. The third-order valence-corrected chi connectivity index (χ3v) is 5.80. The molecular formula is C20H21NO4S. The summed E-state index contributed by atoms with van der Waals surface area (Å²) < 4.78 is 28.9. The number of benzene rings is 2. The molecular weight excluding hydrogens is 350 g/mol. The SMILES string of the molecule is CCc1ccc(N(C(=O)c2ccc(OC)cc2)C2C=CS(=O)(=O)C2)cc1. The number of amides is 1. The second kappa shape index (κ2) is 7.33. The zero-order chi connectivity index (χ0) is 18.7. The van der Waals surface area contributed by atoms with E-state index in [1.54, 1.807) is 42.4 Å². The minimum absolute atomic E-state index is 0.107. The molecule has 0 N–H and O–H groups in total. The van der Waals surface area contributed by atoms with E-state index in [1.807, 2.05) is 24.3 Å². The third kappa shape index (κ3) is 3.80. The smallest absolute Gasteiger partial charge is 0.258 e. The number of hydrogen-bond acceptors (Lipinski definition) is 4. The van der Waals surface area contributed by atoms with E-state index < -0.39 is 15.9 Å². The first kappa shape index (κ1) is 18.2. The van der Waals surface area contributed by atoms with Crippen LogP contribution in [-0.4, -0.2) is 33.2 Å². The monoisotopic (exact) mass is 371 g/mol. The Balaban J connectivity index is 1.98. The van der Waals surface area contributed by atoms with Crippen LogP contribution in [0, 0.1) is 0 Å². The van der Waals surface area contributed by atoms with Crippen LogP contribution in [-0.2, 0) is 16.3 Å². The number of rotatable bonds is 5. The molecule has 1 aliphatic rings. The summed E-state index contributed by atoms with van der Waals surface area (Å²) in [5, 5.41) is 1.19. The molecule has 2 aromatic rings. The Morgan fingerprint density at radius 2 is 1.77 bits per heavy atom. The number of nitrogens with zero attached hydrogens (tertiary/aromatic N) is 1. The average Bonchev–Trinajstić information content (AvgIpc) is 3.02. The zero-order valence-electron chi connectivity index (χ0n) is 14.8.